The number of carboxylic acid groups (broad SMARTS) is 1. The molecule has 0 fully saturated rings. The molecule has 0 saturated heterocycles. The molecule has 8 heteroatoms. The Morgan fingerprint density at radius 3 is 2.52 bits per heavy atom. The number of benzene rings is 1. The SMILES string of the molecule is Cc1cc(NS(=O)(=O)c2cccc(C(=O)O)c2C)n(C)n1. The zero-order valence-electron chi connectivity index (χ0n) is 11.8. The monoisotopic (exact) mass is 309 g/mol. The number of nitrogens with one attached hydrogen (secondary N) is 1. The summed E-state index contributed by atoms with van der Waals surface area (Å²) in [7, 11) is -2.27. The third-order valence-electron chi connectivity index (χ3n) is 3.04. The highest BCUT2D eigenvalue weighted by atomic mass is 32.2. The lowest BCUT2D eigenvalue weighted by Gasteiger charge is -2.11. The van der Waals surface area contributed by atoms with E-state index in [-0.39, 0.29) is 16.0 Å². The predicted molar refractivity (Wildman–Crippen MR) is 76.9 cm³/mol. The minimum Gasteiger partial charge on any atom is -0.478 e. The van der Waals surface area contributed by atoms with Crippen molar-refractivity contribution in [2.24, 2.45) is 7.05 Å². The molecule has 0 saturated carbocycles. The summed E-state index contributed by atoms with van der Waals surface area (Å²) in [4.78, 5) is 11.0. The second-order valence-corrected chi connectivity index (χ2v) is 6.28. The van der Waals surface area contributed by atoms with Crippen LogP contribution in [0.3, 0.4) is 0 Å². The van der Waals surface area contributed by atoms with Gasteiger partial charge in [0.15, 0.2) is 0 Å². The lowest BCUT2D eigenvalue weighted by Crippen LogP contribution is -2.17. The Morgan fingerprint density at radius 2 is 2.00 bits per heavy atom. The number of hydrogen-bond acceptors (Lipinski definition) is 4. The van der Waals surface area contributed by atoms with Crippen LogP contribution in [0.25, 0.3) is 0 Å². The van der Waals surface area contributed by atoms with E-state index < -0.39 is 16.0 Å². The molecule has 0 atom stereocenters. The van der Waals surface area contributed by atoms with E-state index in [2.05, 4.69) is 9.82 Å². The number of aromatic nitrogens is 2. The fourth-order valence-corrected chi connectivity index (χ4v) is 3.38. The Hall–Kier alpha value is -2.35. The summed E-state index contributed by atoms with van der Waals surface area (Å²) in [5.74, 6) is -0.853. The van der Waals surface area contributed by atoms with Crippen LogP contribution in [-0.4, -0.2) is 29.3 Å². The Bertz CT molecular complexity index is 809. The molecule has 0 unspecified atom stereocenters. The minimum absolute atomic E-state index is 0.0425. The van der Waals surface area contributed by atoms with Gasteiger partial charge in [-0.2, -0.15) is 5.10 Å². The van der Waals surface area contributed by atoms with Crippen molar-refractivity contribution in [3.8, 4) is 0 Å². The summed E-state index contributed by atoms with van der Waals surface area (Å²) in [5, 5.41) is 13.1. The van der Waals surface area contributed by atoms with Crippen molar-refractivity contribution in [3.63, 3.8) is 0 Å². The van der Waals surface area contributed by atoms with Gasteiger partial charge in [0.2, 0.25) is 0 Å². The lowest BCUT2D eigenvalue weighted by molar-refractivity contribution is 0.0696. The maximum absolute atomic E-state index is 12.4. The molecule has 1 heterocycles. The van der Waals surface area contributed by atoms with Crippen LogP contribution in [0.1, 0.15) is 21.6 Å². The van der Waals surface area contributed by atoms with E-state index in [9.17, 15) is 13.2 Å². The van der Waals surface area contributed by atoms with E-state index in [1.54, 1.807) is 20.0 Å². The van der Waals surface area contributed by atoms with Gasteiger partial charge in [0.1, 0.15) is 5.82 Å². The number of carboxylic acids is 1. The Morgan fingerprint density at radius 1 is 1.33 bits per heavy atom. The minimum atomic E-state index is -3.88. The fourth-order valence-electron chi connectivity index (χ4n) is 2.04. The number of carbonyl (C=O) groups is 1. The molecule has 112 valence electrons. The van der Waals surface area contributed by atoms with E-state index in [1.807, 2.05) is 0 Å². The van der Waals surface area contributed by atoms with Crippen molar-refractivity contribution in [2.45, 2.75) is 18.7 Å². The van der Waals surface area contributed by atoms with Crippen molar-refractivity contribution in [1.29, 1.82) is 0 Å². The first-order chi connectivity index (χ1) is 9.72. The van der Waals surface area contributed by atoms with E-state index in [4.69, 9.17) is 5.11 Å². The molecule has 21 heavy (non-hydrogen) atoms. The van der Waals surface area contributed by atoms with Crippen LogP contribution < -0.4 is 4.72 Å². The van der Waals surface area contributed by atoms with Gasteiger partial charge in [0, 0.05) is 13.1 Å². The molecule has 2 aromatic rings. The van der Waals surface area contributed by atoms with Crippen LogP contribution in [0.15, 0.2) is 29.2 Å². The van der Waals surface area contributed by atoms with Crippen molar-refractivity contribution in [3.05, 3.63) is 41.1 Å². The standard InChI is InChI=1S/C13H15N3O4S/c1-8-7-12(16(3)14-8)15-21(19,20)11-6-4-5-10(9(11)2)13(17)18/h4-7,15H,1-3H3,(H,17,18). The lowest BCUT2D eigenvalue weighted by atomic mass is 10.1. The molecule has 2 rings (SSSR count). The summed E-state index contributed by atoms with van der Waals surface area (Å²) >= 11 is 0. The number of hydrogen-bond donors (Lipinski definition) is 2. The van der Waals surface area contributed by atoms with Gasteiger partial charge >= 0.3 is 5.97 Å². The van der Waals surface area contributed by atoms with Crippen molar-refractivity contribution >= 4 is 21.8 Å². The van der Waals surface area contributed by atoms with Crippen molar-refractivity contribution in [1.82, 2.24) is 9.78 Å². The van der Waals surface area contributed by atoms with E-state index in [1.165, 1.54) is 29.8 Å². The second kappa shape index (κ2) is 5.21. The summed E-state index contributed by atoms with van der Waals surface area (Å²) < 4.78 is 28.6. The second-order valence-electron chi connectivity index (χ2n) is 4.63. The summed E-state index contributed by atoms with van der Waals surface area (Å²) in [6.07, 6.45) is 0. The molecular formula is C13H15N3O4S. The number of sulfonamides is 1. The molecule has 2 N–H and O–H groups in total. The van der Waals surface area contributed by atoms with Gasteiger partial charge in [-0.05, 0) is 31.5 Å². The van der Waals surface area contributed by atoms with Crippen molar-refractivity contribution in [2.75, 3.05) is 4.72 Å². The smallest absolute Gasteiger partial charge is 0.335 e. The number of aryl methyl sites for hydroxylation is 2. The third-order valence-corrected chi connectivity index (χ3v) is 4.54. The Balaban J connectivity index is 2.48. The zero-order chi connectivity index (χ0) is 15.8. The highest BCUT2D eigenvalue weighted by Crippen LogP contribution is 2.22. The van der Waals surface area contributed by atoms with Gasteiger partial charge in [0.05, 0.1) is 16.2 Å². The average molecular weight is 309 g/mol. The average Bonchev–Trinajstić information content (AvgIpc) is 2.66. The van der Waals surface area contributed by atoms with E-state index in [0.717, 1.165) is 0 Å². The Labute approximate surface area is 122 Å². The van der Waals surface area contributed by atoms with E-state index in [0.29, 0.717) is 11.5 Å². The van der Waals surface area contributed by atoms with Crippen LogP contribution in [0, 0.1) is 13.8 Å². The van der Waals surface area contributed by atoms with Crippen LogP contribution in [-0.2, 0) is 17.1 Å². The molecule has 0 spiro atoms. The largest absolute Gasteiger partial charge is 0.478 e. The topological polar surface area (TPSA) is 101 Å². The fraction of sp³-hybridized carbons (Fsp3) is 0.231. The van der Waals surface area contributed by atoms with Crippen molar-refractivity contribution < 1.29 is 18.3 Å². The highest BCUT2D eigenvalue weighted by Gasteiger charge is 2.21. The molecule has 1 aromatic carbocycles. The van der Waals surface area contributed by atoms with Gasteiger partial charge in [-0.1, -0.05) is 6.07 Å². The number of aromatic carboxylic acids is 1. The normalized spacial score (nSPS) is 11.4. The first-order valence-corrected chi connectivity index (χ1v) is 7.57. The number of anilines is 1. The molecule has 7 nitrogen and oxygen atoms in total. The van der Waals surface area contributed by atoms with Gasteiger partial charge in [-0.25, -0.2) is 13.2 Å². The van der Waals surface area contributed by atoms with Gasteiger partial charge in [-0.3, -0.25) is 9.40 Å². The molecule has 0 aliphatic carbocycles. The quantitative estimate of drug-likeness (QED) is 0.892. The Kier molecular flexibility index (Phi) is 3.73. The van der Waals surface area contributed by atoms with Crippen LogP contribution in [0.2, 0.25) is 0 Å². The summed E-state index contributed by atoms with van der Waals surface area (Å²) in [5.41, 5.74) is 0.821. The van der Waals surface area contributed by atoms with Gasteiger partial charge < -0.3 is 5.11 Å². The summed E-state index contributed by atoms with van der Waals surface area (Å²) in [6.45, 7) is 3.21. The van der Waals surface area contributed by atoms with Gasteiger partial charge in [-0.15, -0.1) is 0 Å². The molecule has 0 radical (unpaired) electrons. The van der Waals surface area contributed by atoms with Crippen LogP contribution in [0.4, 0.5) is 5.82 Å². The van der Waals surface area contributed by atoms with E-state index >= 15 is 0 Å². The number of nitrogens with zero attached hydrogens (tertiary/aromatic N) is 2. The predicted octanol–water partition coefficient (Wildman–Crippen LogP) is 1.54. The summed E-state index contributed by atoms with van der Waals surface area (Å²) in [6, 6.07) is 5.73. The van der Waals surface area contributed by atoms with Crippen LogP contribution in [0.5, 0.6) is 0 Å². The van der Waals surface area contributed by atoms with Gasteiger partial charge in [0.25, 0.3) is 10.0 Å². The number of rotatable bonds is 4. The maximum atomic E-state index is 12.4. The molecule has 0 aliphatic rings. The molecule has 1 aromatic heterocycles. The van der Waals surface area contributed by atoms with Crippen LogP contribution >= 0.6 is 0 Å². The maximum Gasteiger partial charge on any atom is 0.335 e. The third kappa shape index (κ3) is 2.89. The molecule has 0 amide bonds. The molecular weight excluding hydrogens is 294 g/mol. The first kappa shape index (κ1) is 15.0. The molecule has 0 aliphatic heterocycles. The highest BCUT2D eigenvalue weighted by molar-refractivity contribution is 7.92. The first-order valence-electron chi connectivity index (χ1n) is 6.09. The molecule has 0 bridgehead atoms. The zero-order valence-corrected chi connectivity index (χ0v) is 12.6.